The van der Waals surface area contributed by atoms with Crippen LogP contribution in [-0.4, -0.2) is 16.1 Å². The SMILES string of the molecule is Cc1cc(C)cc(NC(=S)N(C2CCCCC2)[C@@H](C)c2ccco2)c1. The van der Waals surface area contributed by atoms with Crippen LogP contribution in [0.4, 0.5) is 5.69 Å². The average molecular weight is 357 g/mol. The van der Waals surface area contributed by atoms with E-state index in [0.717, 1.165) is 16.6 Å². The van der Waals surface area contributed by atoms with E-state index in [1.54, 1.807) is 6.26 Å². The summed E-state index contributed by atoms with van der Waals surface area (Å²) in [6, 6.07) is 11.1. The fourth-order valence-corrected chi connectivity index (χ4v) is 4.34. The number of anilines is 1. The first kappa shape index (κ1) is 18.0. The van der Waals surface area contributed by atoms with Crippen LogP contribution in [0.5, 0.6) is 0 Å². The van der Waals surface area contributed by atoms with Gasteiger partial charge in [0.05, 0.1) is 12.3 Å². The maximum Gasteiger partial charge on any atom is 0.174 e. The molecule has 0 spiro atoms. The molecule has 1 fully saturated rings. The maximum absolute atomic E-state index is 5.85. The Morgan fingerprint density at radius 3 is 2.44 bits per heavy atom. The van der Waals surface area contributed by atoms with Gasteiger partial charge in [-0.2, -0.15) is 0 Å². The predicted molar refractivity (Wildman–Crippen MR) is 108 cm³/mol. The van der Waals surface area contributed by atoms with E-state index in [1.165, 1.54) is 43.2 Å². The van der Waals surface area contributed by atoms with E-state index < -0.39 is 0 Å². The monoisotopic (exact) mass is 356 g/mol. The van der Waals surface area contributed by atoms with Crippen molar-refractivity contribution in [2.75, 3.05) is 5.32 Å². The molecule has 1 aliphatic rings. The first-order chi connectivity index (χ1) is 12.0. The third-order valence-electron chi connectivity index (χ3n) is 5.05. The molecule has 3 nitrogen and oxygen atoms in total. The largest absolute Gasteiger partial charge is 0.467 e. The van der Waals surface area contributed by atoms with Gasteiger partial charge < -0.3 is 14.6 Å². The summed E-state index contributed by atoms with van der Waals surface area (Å²) in [5, 5.41) is 4.27. The Morgan fingerprint density at radius 1 is 1.16 bits per heavy atom. The first-order valence-corrected chi connectivity index (χ1v) is 9.66. The highest BCUT2D eigenvalue weighted by Gasteiger charge is 2.29. The molecule has 1 aromatic heterocycles. The van der Waals surface area contributed by atoms with Gasteiger partial charge in [0, 0.05) is 11.7 Å². The molecule has 0 radical (unpaired) electrons. The third-order valence-corrected chi connectivity index (χ3v) is 5.36. The molecule has 4 heteroatoms. The molecule has 1 atom stereocenters. The molecule has 0 amide bonds. The summed E-state index contributed by atoms with van der Waals surface area (Å²) in [6.07, 6.45) is 8.01. The molecular formula is C21H28N2OS. The Labute approximate surface area is 156 Å². The van der Waals surface area contributed by atoms with E-state index in [9.17, 15) is 0 Å². The molecule has 1 aromatic carbocycles. The lowest BCUT2D eigenvalue weighted by molar-refractivity contribution is 0.186. The van der Waals surface area contributed by atoms with Gasteiger partial charge in [0.1, 0.15) is 5.76 Å². The van der Waals surface area contributed by atoms with Crippen LogP contribution in [0.25, 0.3) is 0 Å². The molecule has 0 saturated heterocycles. The van der Waals surface area contributed by atoms with Crippen molar-refractivity contribution >= 4 is 23.0 Å². The summed E-state index contributed by atoms with van der Waals surface area (Å²) in [4.78, 5) is 2.35. The van der Waals surface area contributed by atoms with Gasteiger partial charge in [-0.05, 0) is 81.2 Å². The fourth-order valence-electron chi connectivity index (χ4n) is 3.92. The van der Waals surface area contributed by atoms with Gasteiger partial charge in [-0.25, -0.2) is 0 Å². The van der Waals surface area contributed by atoms with Crippen LogP contribution in [0, 0.1) is 13.8 Å². The highest BCUT2D eigenvalue weighted by molar-refractivity contribution is 7.80. The minimum Gasteiger partial charge on any atom is -0.467 e. The number of nitrogens with one attached hydrogen (secondary N) is 1. The van der Waals surface area contributed by atoms with Crippen LogP contribution >= 0.6 is 12.2 Å². The standard InChI is InChI=1S/C21H28N2OS/c1-15-12-16(2)14-18(13-15)22-21(25)23(19-8-5-4-6-9-19)17(3)20-10-7-11-24-20/h7,10-14,17,19H,4-6,8-9H2,1-3H3,(H,22,25)/t17-/m0/s1. The van der Waals surface area contributed by atoms with Crippen molar-refractivity contribution in [3.63, 3.8) is 0 Å². The molecule has 1 aliphatic carbocycles. The van der Waals surface area contributed by atoms with E-state index in [-0.39, 0.29) is 6.04 Å². The summed E-state index contributed by atoms with van der Waals surface area (Å²) >= 11 is 5.85. The smallest absolute Gasteiger partial charge is 0.174 e. The maximum atomic E-state index is 5.85. The number of hydrogen-bond acceptors (Lipinski definition) is 2. The molecule has 25 heavy (non-hydrogen) atoms. The van der Waals surface area contributed by atoms with Gasteiger partial charge in [0.15, 0.2) is 5.11 Å². The number of hydrogen-bond donors (Lipinski definition) is 1. The Morgan fingerprint density at radius 2 is 1.84 bits per heavy atom. The zero-order chi connectivity index (χ0) is 17.8. The lowest BCUT2D eigenvalue weighted by Crippen LogP contribution is -2.45. The van der Waals surface area contributed by atoms with Crippen molar-refractivity contribution in [2.45, 2.75) is 65.0 Å². The van der Waals surface area contributed by atoms with Crippen molar-refractivity contribution < 1.29 is 4.42 Å². The van der Waals surface area contributed by atoms with Gasteiger partial charge in [-0.1, -0.05) is 25.3 Å². The molecule has 0 bridgehead atoms. The van der Waals surface area contributed by atoms with Crippen molar-refractivity contribution in [3.8, 4) is 0 Å². The normalized spacial score (nSPS) is 16.4. The van der Waals surface area contributed by atoms with E-state index in [4.69, 9.17) is 16.6 Å². The van der Waals surface area contributed by atoms with Crippen molar-refractivity contribution in [2.24, 2.45) is 0 Å². The molecule has 2 aromatic rings. The number of thiocarbonyl (C=S) groups is 1. The highest BCUT2D eigenvalue weighted by Crippen LogP contribution is 2.31. The van der Waals surface area contributed by atoms with E-state index in [1.807, 2.05) is 12.1 Å². The van der Waals surface area contributed by atoms with Crippen LogP contribution in [0.1, 0.15) is 62.0 Å². The Hall–Kier alpha value is -1.81. The van der Waals surface area contributed by atoms with E-state index in [2.05, 4.69) is 49.2 Å². The van der Waals surface area contributed by atoms with Crippen molar-refractivity contribution in [1.29, 1.82) is 0 Å². The Bertz CT molecular complexity index is 684. The van der Waals surface area contributed by atoms with Gasteiger partial charge in [0.25, 0.3) is 0 Å². The van der Waals surface area contributed by atoms with E-state index in [0.29, 0.717) is 6.04 Å². The second kappa shape index (κ2) is 8.05. The lowest BCUT2D eigenvalue weighted by Gasteiger charge is -2.39. The van der Waals surface area contributed by atoms with Crippen LogP contribution < -0.4 is 5.32 Å². The van der Waals surface area contributed by atoms with Crippen LogP contribution in [0.15, 0.2) is 41.0 Å². The summed E-state index contributed by atoms with van der Waals surface area (Å²) in [5.74, 6) is 0.968. The molecule has 0 aliphatic heterocycles. The zero-order valence-electron chi connectivity index (χ0n) is 15.4. The minimum atomic E-state index is 0.129. The van der Waals surface area contributed by atoms with Gasteiger partial charge in [0.2, 0.25) is 0 Å². The molecule has 0 unspecified atom stereocenters. The number of nitrogens with zero attached hydrogens (tertiary/aromatic N) is 1. The third kappa shape index (κ3) is 4.43. The zero-order valence-corrected chi connectivity index (χ0v) is 16.2. The molecule has 1 heterocycles. The predicted octanol–water partition coefficient (Wildman–Crippen LogP) is 5.99. The molecule has 3 rings (SSSR count). The van der Waals surface area contributed by atoms with Crippen LogP contribution in [0.2, 0.25) is 0 Å². The van der Waals surface area contributed by atoms with E-state index >= 15 is 0 Å². The quantitative estimate of drug-likeness (QED) is 0.681. The lowest BCUT2D eigenvalue weighted by atomic mass is 9.93. The summed E-state index contributed by atoms with van der Waals surface area (Å²) in [6.45, 7) is 6.42. The minimum absolute atomic E-state index is 0.129. The first-order valence-electron chi connectivity index (χ1n) is 9.25. The highest BCUT2D eigenvalue weighted by atomic mass is 32.1. The summed E-state index contributed by atoms with van der Waals surface area (Å²) in [5.41, 5.74) is 3.55. The van der Waals surface area contributed by atoms with Gasteiger partial charge >= 0.3 is 0 Å². The van der Waals surface area contributed by atoms with Gasteiger partial charge in [-0.15, -0.1) is 0 Å². The van der Waals surface area contributed by atoms with Gasteiger partial charge in [-0.3, -0.25) is 0 Å². The molecule has 1 saturated carbocycles. The topological polar surface area (TPSA) is 28.4 Å². The second-order valence-corrected chi connectivity index (χ2v) is 7.58. The Kier molecular flexibility index (Phi) is 5.79. The molecule has 134 valence electrons. The summed E-state index contributed by atoms with van der Waals surface area (Å²) in [7, 11) is 0. The average Bonchev–Trinajstić information content (AvgIpc) is 3.09. The number of aryl methyl sites for hydroxylation is 2. The molecular weight excluding hydrogens is 328 g/mol. The number of benzene rings is 1. The van der Waals surface area contributed by atoms with Crippen LogP contribution in [-0.2, 0) is 0 Å². The van der Waals surface area contributed by atoms with Crippen molar-refractivity contribution in [1.82, 2.24) is 4.90 Å². The second-order valence-electron chi connectivity index (χ2n) is 7.20. The fraction of sp³-hybridized carbons (Fsp3) is 0.476. The number of furan rings is 1. The Balaban J connectivity index is 1.83. The number of rotatable bonds is 4. The molecule has 1 N–H and O–H groups in total. The van der Waals surface area contributed by atoms with Crippen molar-refractivity contribution in [3.05, 3.63) is 53.5 Å². The van der Waals surface area contributed by atoms with Crippen LogP contribution in [0.3, 0.4) is 0 Å². The summed E-state index contributed by atoms with van der Waals surface area (Å²) < 4.78 is 5.68.